The minimum Gasteiger partial charge on any atom is -0.396 e. The summed E-state index contributed by atoms with van der Waals surface area (Å²) >= 11 is 0. The van der Waals surface area contributed by atoms with Crippen LogP contribution in [0.1, 0.15) is 20.8 Å². The molecule has 2 N–H and O–H groups in total. The summed E-state index contributed by atoms with van der Waals surface area (Å²) in [5, 5.41) is 18.8. The maximum Gasteiger partial charge on any atom is 0.0515 e. The van der Waals surface area contributed by atoms with Crippen LogP contribution < -0.4 is 0 Å². The van der Waals surface area contributed by atoms with E-state index in [4.69, 9.17) is 0 Å². The topological polar surface area (TPSA) is 46.9 Å². The van der Waals surface area contributed by atoms with Crippen molar-refractivity contribution in [3.8, 4) is 0 Å². The summed E-state index contributed by atoms with van der Waals surface area (Å²) in [7, 11) is 0. The highest BCUT2D eigenvalue weighted by molar-refractivity contribution is 5.16. The second-order valence-corrected chi connectivity index (χ2v) is 6.05. The zero-order valence-corrected chi connectivity index (χ0v) is 12.0. The van der Waals surface area contributed by atoms with E-state index < -0.39 is 0 Å². The number of piperidine rings is 1. The molecule has 1 aliphatic heterocycles. The minimum absolute atomic E-state index is 0.147. The highest BCUT2D eigenvalue weighted by Gasteiger charge is 2.67. The molecule has 1 saturated carbocycles. The van der Waals surface area contributed by atoms with E-state index in [2.05, 4.69) is 30.6 Å². The zero-order valence-electron chi connectivity index (χ0n) is 12.0. The number of aliphatic hydroxyl groups is 2. The van der Waals surface area contributed by atoms with Crippen LogP contribution in [0.4, 0.5) is 0 Å². The minimum atomic E-state index is -0.147. The van der Waals surface area contributed by atoms with Crippen molar-refractivity contribution in [3.63, 3.8) is 0 Å². The number of likely N-dealkylation sites (N-methyl/N-ethyl adjacent to an activating group) is 1. The average molecular weight is 256 g/mol. The molecule has 0 aromatic rings. The molecule has 0 bridgehead atoms. The molecule has 3 atom stereocenters. The van der Waals surface area contributed by atoms with Gasteiger partial charge in [-0.3, -0.25) is 4.90 Å². The Bertz CT molecular complexity index is 263. The van der Waals surface area contributed by atoms with Crippen molar-refractivity contribution in [2.24, 2.45) is 17.3 Å². The van der Waals surface area contributed by atoms with E-state index in [1.54, 1.807) is 0 Å². The fraction of sp³-hybridized carbons (Fsp3) is 1.00. The lowest BCUT2D eigenvalue weighted by Gasteiger charge is -2.32. The molecule has 1 heterocycles. The van der Waals surface area contributed by atoms with Crippen LogP contribution >= 0.6 is 0 Å². The van der Waals surface area contributed by atoms with Crippen molar-refractivity contribution >= 4 is 0 Å². The third-order valence-corrected chi connectivity index (χ3v) is 5.34. The van der Waals surface area contributed by atoms with Crippen molar-refractivity contribution in [3.05, 3.63) is 0 Å². The summed E-state index contributed by atoms with van der Waals surface area (Å²) in [6.45, 7) is 12.5. The van der Waals surface area contributed by atoms with Gasteiger partial charge < -0.3 is 15.1 Å². The monoisotopic (exact) mass is 256 g/mol. The molecule has 0 spiro atoms. The van der Waals surface area contributed by atoms with Gasteiger partial charge in [0.2, 0.25) is 0 Å². The predicted molar refractivity (Wildman–Crippen MR) is 72.4 cm³/mol. The normalized spacial score (nSPS) is 31.7. The fourth-order valence-electron chi connectivity index (χ4n) is 3.72. The lowest BCUT2D eigenvalue weighted by atomic mass is 10.0. The molecule has 4 heteroatoms. The third kappa shape index (κ3) is 2.20. The van der Waals surface area contributed by atoms with Gasteiger partial charge in [0.05, 0.1) is 13.2 Å². The summed E-state index contributed by atoms with van der Waals surface area (Å²) in [5.74, 6) is 1.04. The van der Waals surface area contributed by atoms with Crippen LogP contribution in [0.5, 0.6) is 0 Å². The molecule has 106 valence electrons. The third-order valence-electron chi connectivity index (χ3n) is 5.34. The first-order chi connectivity index (χ1) is 8.62. The summed E-state index contributed by atoms with van der Waals surface area (Å²) in [4.78, 5) is 4.98. The molecule has 3 unspecified atom stereocenters. The lowest BCUT2D eigenvalue weighted by molar-refractivity contribution is 0.0740. The highest BCUT2D eigenvalue weighted by Crippen LogP contribution is 2.62. The molecule has 0 radical (unpaired) electrons. The first kappa shape index (κ1) is 14.3. The van der Waals surface area contributed by atoms with Gasteiger partial charge >= 0.3 is 0 Å². The summed E-state index contributed by atoms with van der Waals surface area (Å²) < 4.78 is 0. The number of hydrogen-bond donors (Lipinski definition) is 2. The predicted octanol–water partition coefficient (Wildman–Crippen LogP) is 0.249. The second-order valence-electron chi connectivity index (χ2n) is 6.05. The molecule has 1 aliphatic carbocycles. The van der Waals surface area contributed by atoms with Gasteiger partial charge in [0.15, 0.2) is 0 Å². The van der Waals surface area contributed by atoms with Crippen molar-refractivity contribution in [2.45, 2.75) is 26.8 Å². The van der Waals surface area contributed by atoms with Gasteiger partial charge in [0.1, 0.15) is 0 Å². The Morgan fingerprint density at radius 1 is 1.17 bits per heavy atom. The van der Waals surface area contributed by atoms with Crippen LogP contribution in [-0.2, 0) is 0 Å². The number of likely N-dealkylation sites (tertiary alicyclic amines) is 1. The quantitative estimate of drug-likeness (QED) is 0.685. The van der Waals surface area contributed by atoms with Gasteiger partial charge in [-0.2, -0.15) is 0 Å². The van der Waals surface area contributed by atoms with Gasteiger partial charge in [-0.1, -0.05) is 13.8 Å². The van der Waals surface area contributed by atoms with Crippen LogP contribution in [0.15, 0.2) is 0 Å². The van der Waals surface area contributed by atoms with Gasteiger partial charge in [-0.15, -0.1) is 0 Å². The number of fused-ring (bicyclic) bond motifs is 1. The number of nitrogens with zero attached hydrogens (tertiary/aromatic N) is 2. The second kappa shape index (κ2) is 5.45. The maximum absolute atomic E-state index is 9.42. The molecular weight excluding hydrogens is 228 g/mol. The van der Waals surface area contributed by atoms with Crippen molar-refractivity contribution in [1.29, 1.82) is 0 Å². The van der Waals surface area contributed by atoms with Crippen LogP contribution in [0.25, 0.3) is 0 Å². The van der Waals surface area contributed by atoms with Gasteiger partial charge in [0.25, 0.3) is 0 Å². The number of hydrogen-bond acceptors (Lipinski definition) is 4. The van der Waals surface area contributed by atoms with Crippen LogP contribution in [0.3, 0.4) is 0 Å². The van der Waals surface area contributed by atoms with Crippen molar-refractivity contribution in [1.82, 2.24) is 9.80 Å². The van der Waals surface area contributed by atoms with E-state index in [1.165, 1.54) is 0 Å². The Balaban J connectivity index is 1.82. The Labute approximate surface area is 111 Å². The van der Waals surface area contributed by atoms with Crippen molar-refractivity contribution < 1.29 is 10.2 Å². The van der Waals surface area contributed by atoms with E-state index in [1.807, 2.05) is 0 Å². The standard InChI is InChI=1S/C14H28N2O2/c1-4-15(5-2)6-11(3)16-7-12-13(8-16)14(12,9-17)10-18/h11-13,17-18H,4-10H2,1-3H3. The average Bonchev–Trinajstić information content (AvgIpc) is 2.77. The molecule has 2 fully saturated rings. The van der Waals surface area contributed by atoms with E-state index in [9.17, 15) is 10.2 Å². The fourth-order valence-corrected chi connectivity index (χ4v) is 3.72. The molecule has 0 aromatic carbocycles. The van der Waals surface area contributed by atoms with E-state index >= 15 is 0 Å². The van der Waals surface area contributed by atoms with E-state index in [-0.39, 0.29) is 18.6 Å². The number of aliphatic hydroxyl groups excluding tert-OH is 2. The van der Waals surface area contributed by atoms with Gasteiger partial charge in [-0.25, -0.2) is 0 Å². The molecular formula is C14H28N2O2. The van der Waals surface area contributed by atoms with Gasteiger partial charge in [0, 0.05) is 31.1 Å². The molecule has 2 rings (SSSR count). The highest BCUT2D eigenvalue weighted by atomic mass is 16.3. The summed E-state index contributed by atoms with van der Waals surface area (Å²) in [6.07, 6.45) is 0. The molecule has 1 saturated heterocycles. The Morgan fingerprint density at radius 2 is 1.67 bits per heavy atom. The maximum atomic E-state index is 9.42. The molecule has 0 amide bonds. The first-order valence-corrected chi connectivity index (χ1v) is 7.31. The largest absolute Gasteiger partial charge is 0.396 e. The summed E-state index contributed by atoms with van der Waals surface area (Å²) in [6, 6.07) is 0.577. The zero-order chi connectivity index (χ0) is 13.3. The van der Waals surface area contributed by atoms with E-state index in [0.29, 0.717) is 17.9 Å². The Kier molecular flexibility index (Phi) is 4.32. The van der Waals surface area contributed by atoms with Crippen LogP contribution in [-0.4, -0.2) is 72.0 Å². The lowest BCUT2D eigenvalue weighted by Crippen LogP contribution is -2.44. The van der Waals surface area contributed by atoms with Crippen LogP contribution in [0.2, 0.25) is 0 Å². The van der Waals surface area contributed by atoms with E-state index in [0.717, 1.165) is 32.7 Å². The molecule has 0 aromatic heterocycles. The van der Waals surface area contributed by atoms with Crippen molar-refractivity contribution in [2.75, 3.05) is 45.9 Å². The Hall–Kier alpha value is -0.160. The van der Waals surface area contributed by atoms with Gasteiger partial charge in [-0.05, 0) is 31.8 Å². The number of rotatable bonds is 7. The van der Waals surface area contributed by atoms with Crippen LogP contribution in [0, 0.1) is 17.3 Å². The molecule has 4 nitrogen and oxygen atoms in total. The molecule has 18 heavy (non-hydrogen) atoms. The summed E-state index contributed by atoms with van der Waals surface area (Å²) in [5.41, 5.74) is -0.147. The smallest absolute Gasteiger partial charge is 0.0515 e. The Morgan fingerprint density at radius 3 is 2.06 bits per heavy atom. The first-order valence-electron chi connectivity index (χ1n) is 7.31. The molecule has 2 aliphatic rings. The SMILES string of the molecule is CCN(CC)CC(C)N1CC2C(C1)C2(CO)CO.